The highest BCUT2D eigenvalue weighted by Gasteiger charge is 2.63. The molecule has 0 bridgehead atoms. The average Bonchev–Trinajstić information content (AvgIpc) is 2.95. The predicted molar refractivity (Wildman–Crippen MR) is 107 cm³/mol. The van der Waals surface area contributed by atoms with Crippen molar-refractivity contribution >= 4 is 11.7 Å². The van der Waals surface area contributed by atoms with Crippen LogP contribution in [0, 0.1) is 0 Å². The summed E-state index contributed by atoms with van der Waals surface area (Å²) in [5, 5.41) is 3.20. The van der Waals surface area contributed by atoms with Gasteiger partial charge in [0.1, 0.15) is 17.5 Å². The second kappa shape index (κ2) is 7.22. The van der Waals surface area contributed by atoms with Gasteiger partial charge < -0.3 is 16.0 Å². The highest BCUT2D eigenvalue weighted by molar-refractivity contribution is 5.87. The van der Waals surface area contributed by atoms with E-state index >= 15 is 0 Å². The van der Waals surface area contributed by atoms with Crippen molar-refractivity contribution in [3.63, 3.8) is 0 Å². The van der Waals surface area contributed by atoms with E-state index in [1.807, 2.05) is 11.0 Å². The van der Waals surface area contributed by atoms with Crippen LogP contribution in [-0.2, 0) is 16.1 Å². The quantitative estimate of drug-likeness (QED) is 0.760. The van der Waals surface area contributed by atoms with Gasteiger partial charge in [-0.05, 0) is 32.4 Å². The molecule has 7 nitrogen and oxygen atoms in total. The van der Waals surface area contributed by atoms with Crippen LogP contribution in [0.2, 0.25) is 0 Å². The zero-order valence-corrected chi connectivity index (χ0v) is 16.9. The minimum atomic E-state index is -0.761. The first-order valence-corrected chi connectivity index (χ1v) is 10.2. The molecule has 28 heavy (non-hydrogen) atoms. The van der Waals surface area contributed by atoms with Gasteiger partial charge in [-0.15, -0.1) is 0 Å². The number of amides is 1. The van der Waals surface area contributed by atoms with E-state index in [0.29, 0.717) is 19.6 Å². The Morgan fingerprint density at radius 3 is 2.57 bits per heavy atom. The molecule has 0 saturated carbocycles. The van der Waals surface area contributed by atoms with E-state index in [1.165, 1.54) is 12.5 Å². The Morgan fingerprint density at radius 2 is 1.93 bits per heavy atom. The van der Waals surface area contributed by atoms with Gasteiger partial charge in [-0.25, -0.2) is 0 Å². The number of rotatable bonds is 4. The minimum absolute atomic E-state index is 0.0402. The summed E-state index contributed by atoms with van der Waals surface area (Å²) in [6.07, 6.45) is 1.93. The van der Waals surface area contributed by atoms with Crippen molar-refractivity contribution in [2.45, 2.75) is 43.6 Å². The molecule has 3 N–H and O–H groups in total. The maximum atomic E-state index is 12.7. The molecule has 1 spiro atoms. The van der Waals surface area contributed by atoms with E-state index in [4.69, 9.17) is 5.73 Å². The number of fused-ring (bicyclic) bond motifs is 1. The molecule has 0 aromatic heterocycles. The van der Waals surface area contributed by atoms with Gasteiger partial charge >= 0.3 is 0 Å². The number of Topliss-reactive ketones (excluding diaryl/α,β-unsaturated/α-hetero) is 1. The summed E-state index contributed by atoms with van der Waals surface area (Å²) in [7, 11) is 2.05. The number of carbonyl (C=O) groups excluding carboxylic acids is 2. The van der Waals surface area contributed by atoms with E-state index in [9.17, 15) is 9.59 Å². The van der Waals surface area contributed by atoms with Crippen LogP contribution in [0.5, 0.6) is 0 Å². The molecular weight excluding hydrogens is 354 g/mol. The minimum Gasteiger partial charge on any atom is -0.318 e. The van der Waals surface area contributed by atoms with Crippen LogP contribution in [-0.4, -0.2) is 83.4 Å². The smallest absolute Gasteiger partial charge is 0.238 e. The van der Waals surface area contributed by atoms with Gasteiger partial charge in [-0.3, -0.25) is 19.4 Å². The number of ketones is 1. The lowest BCUT2D eigenvalue weighted by Crippen LogP contribution is -2.75. The monoisotopic (exact) mass is 385 g/mol. The normalized spacial score (nSPS) is 29.1. The molecule has 3 saturated heterocycles. The van der Waals surface area contributed by atoms with Gasteiger partial charge in [0.2, 0.25) is 5.91 Å². The molecule has 0 radical (unpaired) electrons. The van der Waals surface area contributed by atoms with Gasteiger partial charge in [0.05, 0.1) is 6.54 Å². The van der Waals surface area contributed by atoms with Crippen molar-refractivity contribution in [1.29, 1.82) is 0 Å². The zero-order valence-electron chi connectivity index (χ0n) is 16.9. The summed E-state index contributed by atoms with van der Waals surface area (Å²) in [6.45, 7) is 5.92. The molecule has 3 heterocycles. The first kappa shape index (κ1) is 19.5. The van der Waals surface area contributed by atoms with Crippen molar-refractivity contribution in [2.75, 3.05) is 39.8 Å². The van der Waals surface area contributed by atoms with Crippen LogP contribution in [0.3, 0.4) is 0 Å². The highest BCUT2D eigenvalue weighted by atomic mass is 16.2. The zero-order chi connectivity index (χ0) is 19.9. The molecule has 0 aliphatic carbocycles. The number of carbonyl (C=O) groups is 2. The summed E-state index contributed by atoms with van der Waals surface area (Å²) in [5.74, 6) is -0.0368. The maximum absolute atomic E-state index is 12.7. The van der Waals surface area contributed by atoms with Gasteiger partial charge in [-0.2, -0.15) is 0 Å². The number of nitrogens with two attached hydrogens (primary N) is 1. The lowest BCUT2D eigenvalue weighted by atomic mass is 9.85. The topological polar surface area (TPSA) is 81.9 Å². The van der Waals surface area contributed by atoms with Crippen molar-refractivity contribution < 1.29 is 9.59 Å². The molecule has 2 unspecified atom stereocenters. The fourth-order valence-electron chi connectivity index (χ4n) is 5.37. The molecular formula is C21H31N5O2. The van der Waals surface area contributed by atoms with E-state index in [0.717, 1.165) is 32.5 Å². The standard InChI is InChI=1S/C21H31N5O2/c1-16(27)19(22)21-14-23-12-18(28)26(21)15-20(24(21)2)8-10-25(11-9-20)13-17-6-4-3-5-7-17/h3-7,19,23H,8-15,22H2,1-2H3. The number of piperidine rings is 1. The highest BCUT2D eigenvalue weighted by Crippen LogP contribution is 2.44. The van der Waals surface area contributed by atoms with Crippen LogP contribution < -0.4 is 11.1 Å². The van der Waals surface area contributed by atoms with Gasteiger partial charge in [0.15, 0.2) is 0 Å². The number of nitrogens with one attached hydrogen (secondary N) is 1. The van der Waals surface area contributed by atoms with Crippen molar-refractivity contribution in [3.8, 4) is 0 Å². The number of nitrogens with zero attached hydrogens (tertiary/aromatic N) is 3. The Labute approximate surface area is 166 Å². The number of likely N-dealkylation sites (tertiary alicyclic amines) is 1. The van der Waals surface area contributed by atoms with Crippen LogP contribution in [0.1, 0.15) is 25.3 Å². The molecule has 4 rings (SSSR count). The maximum Gasteiger partial charge on any atom is 0.238 e. The number of benzene rings is 1. The Bertz CT molecular complexity index is 746. The number of hydrogen-bond donors (Lipinski definition) is 2. The number of piperazine rings is 1. The third-order valence-electron chi connectivity index (χ3n) is 7.15. The molecule has 2 atom stereocenters. The molecule has 1 aromatic rings. The van der Waals surface area contributed by atoms with Crippen LogP contribution in [0.15, 0.2) is 30.3 Å². The van der Waals surface area contributed by atoms with Crippen LogP contribution >= 0.6 is 0 Å². The predicted octanol–water partition coefficient (Wildman–Crippen LogP) is 0.0110. The average molecular weight is 386 g/mol. The lowest BCUT2D eigenvalue weighted by molar-refractivity contribution is -0.147. The Kier molecular flexibility index (Phi) is 5.03. The number of likely N-dealkylation sites (N-methyl/N-ethyl adjacent to an activating group) is 1. The Morgan fingerprint density at radius 1 is 1.25 bits per heavy atom. The Hall–Kier alpha value is -1.80. The first-order chi connectivity index (χ1) is 13.4. The molecule has 152 valence electrons. The van der Waals surface area contributed by atoms with Gasteiger partial charge in [0.25, 0.3) is 0 Å². The van der Waals surface area contributed by atoms with Crippen LogP contribution in [0.4, 0.5) is 0 Å². The third kappa shape index (κ3) is 2.97. The van der Waals surface area contributed by atoms with E-state index in [2.05, 4.69) is 46.4 Å². The molecule has 1 amide bonds. The summed E-state index contributed by atoms with van der Waals surface area (Å²) in [6, 6.07) is 9.82. The summed E-state index contributed by atoms with van der Waals surface area (Å²) < 4.78 is 0. The van der Waals surface area contributed by atoms with Crippen molar-refractivity contribution in [2.24, 2.45) is 5.73 Å². The molecule has 7 heteroatoms. The van der Waals surface area contributed by atoms with E-state index < -0.39 is 11.7 Å². The molecule has 3 aliphatic heterocycles. The SMILES string of the molecule is CC(=O)C(N)C12CNCC(=O)N1CC1(CCN(Cc3ccccc3)CC1)N2C. The van der Waals surface area contributed by atoms with Gasteiger partial charge in [0, 0.05) is 38.3 Å². The third-order valence-corrected chi connectivity index (χ3v) is 7.15. The second-order valence-electron chi connectivity index (χ2n) is 8.60. The molecule has 3 aliphatic rings. The molecule has 1 aromatic carbocycles. The molecule has 3 fully saturated rings. The second-order valence-corrected chi connectivity index (χ2v) is 8.60. The number of hydrogen-bond acceptors (Lipinski definition) is 6. The summed E-state index contributed by atoms with van der Waals surface area (Å²) >= 11 is 0. The largest absolute Gasteiger partial charge is 0.318 e. The van der Waals surface area contributed by atoms with E-state index in [1.54, 1.807) is 0 Å². The van der Waals surface area contributed by atoms with Crippen LogP contribution in [0.25, 0.3) is 0 Å². The van der Waals surface area contributed by atoms with Crippen molar-refractivity contribution in [3.05, 3.63) is 35.9 Å². The summed E-state index contributed by atoms with van der Waals surface area (Å²) in [5.41, 5.74) is 6.84. The fraction of sp³-hybridized carbons (Fsp3) is 0.619. The van der Waals surface area contributed by atoms with E-state index in [-0.39, 0.29) is 17.2 Å². The summed E-state index contributed by atoms with van der Waals surface area (Å²) in [4.78, 5) is 31.6. The van der Waals surface area contributed by atoms with Gasteiger partial charge in [-0.1, -0.05) is 30.3 Å². The fourth-order valence-corrected chi connectivity index (χ4v) is 5.37. The Balaban J connectivity index is 1.54. The first-order valence-electron chi connectivity index (χ1n) is 10.2. The lowest BCUT2D eigenvalue weighted by Gasteiger charge is -2.51. The van der Waals surface area contributed by atoms with Crippen molar-refractivity contribution in [1.82, 2.24) is 20.0 Å².